The summed E-state index contributed by atoms with van der Waals surface area (Å²) in [7, 11) is 1.46. The minimum absolute atomic E-state index is 0.224. The first-order valence-electron chi connectivity index (χ1n) is 7.44. The number of hydrogen-bond acceptors (Lipinski definition) is 4. The maximum absolute atomic E-state index is 12.1. The molecule has 26 heavy (non-hydrogen) atoms. The summed E-state index contributed by atoms with van der Waals surface area (Å²) in [4.78, 5) is 22.9. The van der Waals surface area contributed by atoms with Crippen LogP contribution in [-0.2, 0) is 11.3 Å². The van der Waals surface area contributed by atoms with Gasteiger partial charge in [-0.05, 0) is 57.4 Å². The molecule has 0 aromatic heterocycles. The van der Waals surface area contributed by atoms with Crippen LogP contribution in [0.15, 0.2) is 51.4 Å². The first-order chi connectivity index (χ1) is 12.4. The predicted octanol–water partition coefficient (Wildman–Crippen LogP) is 4.01. The molecule has 0 heterocycles. The average Bonchev–Trinajstić information content (AvgIpc) is 2.61. The number of amides is 2. The fourth-order valence-corrected chi connectivity index (χ4v) is 2.87. The van der Waals surface area contributed by atoms with Crippen LogP contribution in [0.25, 0.3) is 6.08 Å². The largest absolute Gasteiger partial charge is 0.493 e. The van der Waals surface area contributed by atoms with Gasteiger partial charge >= 0.3 is 12.0 Å². The van der Waals surface area contributed by atoms with Gasteiger partial charge in [-0.15, -0.1) is 0 Å². The minimum atomic E-state index is -0.631. The van der Waals surface area contributed by atoms with Gasteiger partial charge in [-0.2, -0.15) is 0 Å². The van der Waals surface area contributed by atoms with Gasteiger partial charge in [0.25, 0.3) is 0 Å². The molecule has 6 nitrogen and oxygen atoms in total. The highest BCUT2D eigenvalue weighted by Gasteiger charge is 2.14. The number of methoxy groups -OCH3 is 1. The monoisotopic (exact) mass is 482 g/mol. The van der Waals surface area contributed by atoms with Crippen molar-refractivity contribution >= 4 is 49.9 Å². The van der Waals surface area contributed by atoms with Crippen molar-refractivity contribution in [1.82, 2.24) is 5.32 Å². The Kier molecular flexibility index (Phi) is 7.23. The Bertz CT molecular complexity index is 836. The van der Waals surface area contributed by atoms with Gasteiger partial charge in [0.1, 0.15) is 0 Å². The quantitative estimate of drug-likeness (QED) is 0.369. The third kappa shape index (κ3) is 5.89. The molecule has 0 saturated heterocycles. The van der Waals surface area contributed by atoms with E-state index in [2.05, 4.69) is 37.2 Å². The number of esters is 1. The third-order valence-electron chi connectivity index (χ3n) is 3.24. The number of benzene rings is 2. The average molecular weight is 484 g/mol. The van der Waals surface area contributed by atoms with E-state index < -0.39 is 12.0 Å². The second kappa shape index (κ2) is 9.40. The van der Waals surface area contributed by atoms with Gasteiger partial charge in [0.05, 0.1) is 11.6 Å². The number of rotatable bonds is 6. The van der Waals surface area contributed by atoms with E-state index in [1.807, 2.05) is 24.3 Å². The minimum Gasteiger partial charge on any atom is -0.493 e. The summed E-state index contributed by atoms with van der Waals surface area (Å²) in [6.45, 7) is 0.224. The Labute approximate surface area is 167 Å². The maximum atomic E-state index is 12.1. The van der Waals surface area contributed by atoms with Crippen LogP contribution in [0, 0.1) is 0 Å². The van der Waals surface area contributed by atoms with Gasteiger partial charge in [-0.1, -0.05) is 28.1 Å². The number of ether oxygens (including phenoxy) is 2. The molecule has 0 aliphatic rings. The van der Waals surface area contributed by atoms with Gasteiger partial charge in [-0.3, -0.25) is 0 Å². The molecular formula is C18H16Br2N2O4. The lowest BCUT2D eigenvalue weighted by Crippen LogP contribution is -2.28. The van der Waals surface area contributed by atoms with E-state index in [9.17, 15) is 9.59 Å². The molecule has 2 amide bonds. The first kappa shape index (κ1) is 20.0. The van der Waals surface area contributed by atoms with Crippen LogP contribution in [0.4, 0.5) is 4.79 Å². The maximum Gasteiger partial charge on any atom is 0.336 e. The summed E-state index contributed by atoms with van der Waals surface area (Å²) >= 11 is 6.70. The number of carbonyl (C=O) groups excluding carboxylic acids is 2. The van der Waals surface area contributed by atoms with Gasteiger partial charge in [0.2, 0.25) is 0 Å². The second-order valence-electron chi connectivity index (χ2n) is 5.13. The molecule has 0 spiro atoms. The molecular weight excluding hydrogens is 468 g/mol. The predicted molar refractivity (Wildman–Crippen MR) is 106 cm³/mol. The molecule has 0 saturated carbocycles. The van der Waals surface area contributed by atoms with E-state index in [4.69, 9.17) is 15.2 Å². The molecule has 8 heteroatoms. The van der Waals surface area contributed by atoms with E-state index in [0.29, 0.717) is 10.2 Å². The van der Waals surface area contributed by atoms with Crippen LogP contribution in [0.2, 0.25) is 0 Å². The van der Waals surface area contributed by atoms with E-state index in [0.717, 1.165) is 15.6 Å². The summed E-state index contributed by atoms with van der Waals surface area (Å²) in [6.07, 6.45) is 2.98. The molecule has 0 radical (unpaired) electrons. The fourth-order valence-electron chi connectivity index (χ4n) is 2.04. The number of primary amides is 1. The van der Waals surface area contributed by atoms with Crippen LogP contribution in [0.3, 0.4) is 0 Å². The number of carbonyl (C=O) groups is 2. The summed E-state index contributed by atoms with van der Waals surface area (Å²) in [5.41, 5.74) is 6.66. The summed E-state index contributed by atoms with van der Waals surface area (Å²) in [6, 6.07) is 10.2. The molecule has 3 N–H and O–H groups in total. The van der Waals surface area contributed by atoms with Crippen molar-refractivity contribution in [3.05, 3.63) is 62.5 Å². The van der Waals surface area contributed by atoms with Gasteiger partial charge in [0.15, 0.2) is 11.5 Å². The number of hydrogen-bond donors (Lipinski definition) is 2. The summed E-state index contributed by atoms with van der Waals surface area (Å²) < 4.78 is 12.1. The Morgan fingerprint density at radius 1 is 1.19 bits per heavy atom. The zero-order valence-corrected chi connectivity index (χ0v) is 17.0. The highest BCUT2D eigenvalue weighted by Crippen LogP contribution is 2.36. The second-order valence-corrected chi connectivity index (χ2v) is 6.90. The molecule has 0 bridgehead atoms. The smallest absolute Gasteiger partial charge is 0.336 e. The lowest BCUT2D eigenvalue weighted by atomic mass is 10.2. The molecule has 2 aromatic carbocycles. The fraction of sp³-hybridized carbons (Fsp3) is 0.111. The molecule has 0 unspecified atom stereocenters. The highest BCUT2D eigenvalue weighted by molar-refractivity contribution is 9.10. The van der Waals surface area contributed by atoms with Crippen molar-refractivity contribution in [3.63, 3.8) is 0 Å². The zero-order valence-electron chi connectivity index (χ0n) is 13.8. The van der Waals surface area contributed by atoms with Gasteiger partial charge < -0.3 is 20.5 Å². The van der Waals surface area contributed by atoms with Crippen LogP contribution < -0.4 is 20.5 Å². The first-order valence-corrected chi connectivity index (χ1v) is 9.03. The molecule has 0 aliphatic carbocycles. The van der Waals surface area contributed by atoms with Gasteiger partial charge in [-0.25, -0.2) is 9.59 Å². The molecule has 0 aliphatic heterocycles. The molecule has 2 aromatic rings. The molecule has 0 atom stereocenters. The zero-order chi connectivity index (χ0) is 19.1. The summed E-state index contributed by atoms with van der Waals surface area (Å²) in [5, 5.41) is 2.48. The van der Waals surface area contributed by atoms with Gasteiger partial charge in [0, 0.05) is 17.1 Å². The normalized spacial score (nSPS) is 10.6. The Morgan fingerprint density at radius 3 is 2.50 bits per heavy atom. The van der Waals surface area contributed by atoms with E-state index in [1.165, 1.54) is 13.2 Å². The lowest BCUT2D eigenvalue weighted by molar-refractivity contribution is -0.129. The molecule has 2 rings (SSSR count). The SMILES string of the molecule is COc1cc(CNC(N)=O)cc(Br)c1OC(=O)/C=C/c1ccc(Br)cc1. The standard InChI is InChI=1S/C18H16Br2N2O4/c1-25-15-9-12(10-22-18(21)24)8-14(20)17(15)26-16(23)7-4-11-2-5-13(19)6-3-11/h2-9H,10H2,1H3,(H3,21,22,24)/b7-4+. The lowest BCUT2D eigenvalue weighted by Gasteiger charge is -2.12. The van der Waals surface area contributed by atoms with Crippen molar-refractivity contribution in [2.75, 3.05) is 7.11 Å². The van der Waals surface area contributed by atoms with Crippen LogP contribution in [0.1, 0.15) is 11.1 Å². The number of urea groups is 1. The number of nitrogens with two attached hydrogens (primary N) is 1. The Morgan fingerprint density at radius 2 is 1.88 bits per heavy atom. The van der Waals surface area contributed by atoms with Crippen molar-refractivity contribution in [2.24, 2.45) is 5.73 Å². The number of nitrogens with one attached hydrogen (secondary N) is 1. The van der Waals surface area contributed by atoms with E-state index in [-0.39, 0.29) is 12.3 Å². The van der Waals surface area contributed by atoms with E-state index in [1.54, 1.807) is 18.2 Å². The van der Waals surface area contributed by atoms with Crippen molar-refractivity contribution in [2.45, 2.75) is 6.54 Å². The van der Waals surface area contributed by atoms with Crippen molar-refractivity contribution in [3.8, 4) is 11.5 Å². The van der Waals surface area contributed by atoms with Crippen molar-refractivity contribution in [1.29, 1.82) is 0 Å². The van der Waals surface area contributed by atoms with Crippen molar-refractivity contribution < 1.29 is 19.1 Å². The van der Waals surface area contributed by atoms with Crippen LogP contribution >= 0.6 is 31.9 Å². The molecule has 0 fully saturated rings. The van der Waals surface area contributed by atoms with Crippen LogP contribution in [0.5, 0.6) is 11.5 Å². The van der Waals surface area contributed by atoms with E-state index >= 15 is 0 Å². The third-order valence-corrected chi connectivity index (χ3v) is 4.36. The summed E-state index contributed by atoms with van der Waals surface area (Å²) in [5.74, 6) is 0.0572. The Hall–Kier alpha value is -2.32. The van der Waals surface area contributed by atoms with Crippen LogP contribution in [-0.4, -0.2) is 19.1 Å². The Balaban J connectivity index is 2.13. The highest BCUT2D eigenvalue weighted by atomic mass is 79.9. The number of halogens is 2. The molecule has 136 valence electrons. The topological polar surface area (TPSA) is 90.7 Å².